The van der Waals surface area contributed by atoms with E-state index in [0.29, 0.717) is 0 Å². The van der Waals surface area contributed by atoms with Crippen LogP contribution in [0.15, 0.2) is 133 Å². The zero-order chi connectivity index (χ0) is 25.9. The summed E-state index contributed by atoms with van der Waals surface area (Å²) in [5.74, 6) is 0. The van der Waals surface area contributed by atoms with Gasteiger partial charge in [0.25, 0.3) is 0 Å². The average molecular weight is 503 g/mol. The second-order valence-corrected chi connectivity index (χ2v) is 11.3. The van der Waals surface area contributed by atoms with Crippen LogP contribution in [0.2, 0.25) is 0 Å². The zero-order valence-corrected chi connectivity index (χ0v) is 21.7. The Balaban J connectivity index is 1.36. The van der Waals surface area contributed by atoms with E-state index in [1.807, 2.05) is 0 Å². The Morgan fingerprint density at radius 3 is 1.48 bits per heavy atom. The van der Waals surface area contributed by atoms with Crippen LogP contribution in [0.1, 0.15) is 0 Å². The van der Waals surface area contributed by atoms with Gasteiger partial charge < -0.3 is 0 Å². The molecule has 0 N–H and O–H groups in total. The lowest BCUT2D eigenvalue weighted by Gasteiger charge is -2.09. The Hall–Kier alpha value is -5.20. The van der Waals surface area contributed by atoms with Crippen LogP contribution >= 0.6 is 0 Å². The molecule has 0 spiro atoms. The number of fused-ring (bicyclic) bond motifs is 10. The maximum atomic E-state index is 2.47. The van der Waals surface area contributed by atoms with E-state index in [2.05, 4.69) is 133 Å². The summed E-state index contributed by atoms with van der Waals surface area (Å²) in [5, 5.41) is 21.6. The minimum absolute atomic E-state index is 1.26. The van der Waals surface area contributed by atoms with Gasteiger partial charge in [-0.05, 0) is 128 Å². The molecule has 0 aliphatic carbocycles. The van der Waals surface area contributed by atoms with Crippen molar-refractivity contribution in [3.8, 4) is 11.1 Å². The molecule has 0 atom stereocenters. The molecule has 0 saturated heterocycles. The van der Waals surface area contributed by atoms with Crippen LogP contribution < -0.4 is 0 Å². The minimum Gasteiger partial charge on any atom is -0.0622 e. The standard InChI is InChI=1S/C40H22/c1-2-8-23(9-3-1)24-16-17-25-19-38-36-22-34-26(20-35(36)32-15-7-13-30(40(32)38)33(25)18-24)21-37-28-11-5-4-10-27(28)29-12-6-14-31(34)39(29)37/h1-22H. The van der Waals surface area contributed by atoms with Crippen molar-refractivity contribution in [2.75, 3.05) is 0 Å². The fraction of sp³-hybridized carbons (Fsp3) is 0. The molecule has 0 aromatic heterocycles. The van der Waals surface area contributed by atoms with Gasteiger partial charge in [0.05, 0.1) is 0 Å². The van der Waals surface area contributed by atoms with Crippen molar-refractivity contribution < 1.29 is 0 Å². The van der Waals surface area contributed by atoms with Crippen molar-refractivity contribution in [3.05, 3.63) is 133 Å². The summed E-state index contributed by atoms with van der Waals surface area (Å²) in [5.41, 5.74) is 2.52. The molecule has 0 radical (unpaired) electrons. The summed E-state index contributed by atoms with van der Waals surface area (Å²) in [4.78, 5) is 0. The summed E-state index contributed by atoms with van der Waals surface area (Å²) >= 11 is 0. The molecule has 10 rings (SSSR count). The van der Waals surface area contributed by atoms with E-state index in [4.69, 9.17) is 0 Å². The molecular weight excluding hydrogens is 480 g/mol. The predicted molar refractivity (Wildman–Crippen MR) is 174 cm³/mol. The smallest absolute Gasteiger partial charge is 0.00199 e. The van der Waals surface area contributed by atoms with E-state index in [9.17, 15) is 0 Å². The Morgan fingerprint density at radius 2 is 0.725 bits per heavy atom. The highest BCUT2D eigenvalue weighted by Crippen LogP contribution is 2.46. The van der Waals surface area contributed by atoms with Crippen molar-refractivity contribution >= 4 is 86.2 Å². The van der Waals surface area contributed by atoms with Gasteiger partial charge in [-0.15, -0.1) is 0 Å². The molecule has 0 unspecified atom stereocenters. The van der Waals surface area contributed by atoms with Crippen LogP contribution in [0.4, 0.5) is 0 Å². The Kier molecular flexibility index (Phi) is 3.76. The third-order valence-corrected chi connectivity index (χ3v) is 9.29. The average Bonchev–Trinajstić information content (AvgIpc) is 3.51. The van der Waals surface area contributed by atoms with E-state index in [-0.39, 0.29) is 0 Å². The molecule has 0 bridgehead atoms. The Labute approximate surface area is 230 Å². The zero-order valence-electron chi connectivity index (χ0n) is 21.7. The van der Waals surface area contributed by atoms with Gasteiger partial charge in [0.1, 0.15) is 0 Å². The van der Waals surface area contributed by atoms with Crippen LogP contribution in [0.25, 0.3) is 97.3 Å². The first-order valence-electron chi connectivity index (χ1n) is 14.0. The van der Waals surface area contributed by atoms with Gasteiger partial charge in [0.2, 0.25) is 0 Å². The third-order valence-electron chi connectivity index (χ3n) is 9.29. The summed E-state index contributed by atoms with van der Waals surface area (Å²) < 4.78 is 0. The molecular formula is C40H22. The molecule has 0 aliphatic rings. The first-order chi connectivity index (χ1) is 19.8. The molecule has 0 nitrogen and oxygen atoms in total. The van der Waals surface area contributed by atoms with Gasteiger partial charge in [-0.1, -0.05) is 103 Å². The molecule has 0 saturated carbocycles. The minimum atomic E-state index is 1.26. The first kappa shape index (κ1) is 20.7. The summed E-state index contributed by atoms with van der Waals surface area (Å²) in [6, 6.07) is 49.9. The highest BCUT2D eigenvalue weighted by atomic mass is 14.2. The lowest BCUT2D eigenvalue weighted by molar-refractivity contribution is 1.65. The summed E-state index contributed by atoms with van der Waals surface area (Å²) in [6.07, 6.45) is 0. The quantitative estimate of drug-likeness (QED) is 0.196. The van der Waals surface area contributed by atoms with Gasteiger partial charge in [-0.3, -0.25) is 0 Å². The van der Waals surface area contributed by atoms with Crippen LogP contribution in [0.5, 0.6) is 0 Å². The van der Waals surface area contributed by atoms with Crippen LogP contribution in [-0.4, -0.2) is 0 Å². The van der Waals surface area contributed by atoms with E-state index < -0.39 is 0 Å². The number of rotatable bonds is 1. The predicted octanol–water partition coefficient (Wildman–Crippen LogP) is 11.5. The van der Waals surface area contributed by atoms with Crippen molar-refractivity contribution in [1.29, 1.82) is 0 Å². The van der Waals surface area contributed by atoms with Gasteiger partial charge in [0.15, 0.2) is 0 Å². The maximum absolute atomic E-state index is 2.47. The summed E-state index contributed by atoms with van der Waals surface area (Å²) in [6.45, 7) is 0. The van der Waals surface area contributed by atoms with Gasteiger partial charge in [-0.2, -0.15) is 0 Å². The molecule has 40 heavy (non-hydrogen) atoms. The van der Waals surface area contributed by atoms with E-state index in [1.54, 1.807) is 0 Å². The van der Waals surface area contributed by atoms with Gasteiger partial charge >= 0.3 is 0 Å². The molecule has 0 fully saturated rings. The van der Waals surface area contributed by atoms with E-state index in [0.717, 1.165) is 0 Å². The monoisotopic (exact) mass is 502 g/mol. The maximum Gasteiger partial charge on any atom is -0.00199 e. The number of hydrogen-bond donors (Lipinski definition) is 0. The normalized spacial score (nSPS) is 12.5. The van der Waals surface area contributed by atoms with Crippen LogP contribution in [0.3, 0.4) is 0 Å². The highest BCUT2D eigenvalue weighted by Gasteiger charge is 2.18. The molecule has 0 amide bonds. The number of benzene rings is 8. The van der Waals surface area contributed by atoms with Crippen molar-refractivity contribution in [3.63, 3.8) is 0 Å². The van der Waals surface area contributed by atoms with Gasteiger partial charge in [0, 0.05) is 0 Å². The second-order valence-electron chi connectivity index (χ2n) is 11.3. The topological polar surface area (TPSA) is 0 Å². The fourth-order valence-electron chi connectivity index (χ4n) is 7.56. The largest absolute Gasteiger partial charge is 0.0622 e. The summed E-state index contributed by atoms with van der Waals surface area (Å²) in [7, 11) is 0. The molecule has 10 aromatic carbocycles. The van der Waals surface area contributed by atoms with Crippen molar-refractivity contribution in [2.45, 2.75) is 0 Å². The Morgan fingerprint density at radius 1 is 0.225 bits per heavy atom. The van der Waals surface area contributed by atoms with Crippen LogP contribution in [-0.2, 0) is 0 Å². The van der Waals surface area contributed by atoms with Crippen molar-refractivity contribution in [1.82, 2.24) is 0 Å². The SMILES string of the molecule is c1ccc(-c2ccc3cc4c5cc6c(cc5c5cccc(c3c2)c54)cc2c3ccccc3c3cccc6c32)cc1. The first-order valence-corrected chi connectivity index (χ1v) is 14.0. The Bertz CT molecular complexity index is 2620. The molecule has 0 heterocycles. The molecule has 0 aliphatic heterocycles. The highest BCUT2D eigenvalue weighted by molar-refractivity contribution is 6.39. The fourth-order valence-corrected chi connectivity index (χ4v) is 7.56. The molecule has 182 valence electrons. The lowest BCUT2D eigenvalue weighted by Crippen LogP contribution is -1.82. The lowest BCUT2D eigenvalue weighted by atomic mass is 9.95. The van der Waals surface area contributed by atoms with Crippen molar-refractivity contribution in [2.24, 2.45) is 0 Å². The molecule has 10 aromatic rings. The van der Waals surface area contributed by atoms with E-state index in [1.165, 1.54) is 97.3 Å². The third kappa shape index (κ3) is 2.52. The number of hydrogen-bond acceptors (Lipinski definition) is 0. The molecule has 0 heteroatoms. The van der Waals surface area contributed by atoms with Crippen LogP contribution in [0, 0.1) is 0 Å². The van der Waals surface area contributed by atoms with E-state index >= 15 is 0 Å². The van der Waals surface area contributed by atoms with Gasteiger partial charge in [-0.25, -0.2) is 0 Å². The second kappa shape index (κ2) is 7.25.